The minimum absolute atomic E-state index is 0.0326. The van der Waals surface area contributed by atoms with Gasteiger partial charge in [0.15, 0.2) is 0 Å². The fourth-order valence-corrected chi connectivity index (χ4v) is 6.56. The van der Waals surface area contributed by atoms with Crippen molar-refractivity contribution in [3.8, 4) is 0 Å². The molecule has 1 unspecified atom stereocenters. The summed E-state index contributed by atoms with van der Waals surface area (Å²) >= 11 is 15.6. The summed E-state index contributed by atoms with van der Waals surface area (Å²) in [7, 11) is -3.85. The molecule has 5 nitrogen and oxygen atoms in total. The summed E-state index contributed by atoms with van der Waals surface area (Å²) in [5, 5.41) is 3.44. The number of halogens is 3. The standard InChI is InChI=1S/C21H23BrCl2N2O3S/c1-3-14-10-16(22)9-13(2)20(14)25-21(27)15-5-4-8-26(12-15)30(28,29)19-11-17(23)6-7-18(19)24/h6-7,9-11,15H,3-5,8,12H2,1-2H3,(H,25,27). The van der Waals surface area contributed by atoms with Crippen LogP contribution < -0.4 is 5.32 Å². The fraction of sp³-hybridized carbons (Fsp3) is 0.381. The second kappa shape index (κ2) is 9.57. The third-order valence-electron chi connectivity index (χ3n) is 5.28. The van der Waals surface area contributed by atoms with Gasteiger partial charge in [0.05, 0.1) is 10.9 Å². The van der Waals surface area contributed by atoms with E-state index in [0.717, 1.165) is 27.7 Å². The zero-order valence-corrected chi connectivity index (χ0v) is 20.6. The number of nitrogens with one attached hydrogen (secondary N) is 1. The molecule has 0 radical (unpaired) electrons. The van der Waals surface area contributed by atoms with E-state index in [4.69, 9.17) is 23.2 Å². The van der Waals surface area contributed by atoms with Crippen molar-refractivity contribution in [2.75, 3.05) is 18.4 Å². The zero-order chi connectivity index (χ0) is 22.1. The van der Waals surface area contributed by atoms with Crippen molar-refractivity contribution in [2.24, 2.45) is 5.92 Å². The molecule has 30 heavy (non-hydrogen) atoms. The summed E-state index contributed by atoms with van der Waals surface area (Å²) in [6, 6.07) is 8.30. The van der Waals surface area contributed by atoms with Gasteiger partial charge >= 0.3 is 0 Å². The number of nitrogens with zero attached hydrogens (tertiary/aromatic N) is 1. The third kappa shape index (κ3) is 5.02. The molecule has 0 aromatic heterocycles. The van der Waals surface area contributed by atoms with Crippen molar-refractivity contribution in [1.29, 1.82) is 0 Å². The van der Waals surface area contributed by atoms with Crippen molar-refractivity contribution in [3.63, 3.8) is 0 Å². The highest BCUT2D eigenvalue weighted by molar-refractivity contribution is 9.10. The van der Waals surface area contributed by atoms with Crippen LogP contribution in [0, 0.1) is 12.8 Å². The molecule has 2 aromatic carbocycles. The number of hydrogen-bond acceptors (Lipinski definition) is 3. The number of carbonyl (C=O) groups excluding carboxylic acids is 1. The molecule has 0 spiro atoms. The van der Waals surface area contributed by atoms with Crippen molar-refractivity contribution in [1.82, 2.24) is 4.31 Å². The first kappa shape index (κ1) is 23.5. The zero-order valence-electron chi connectivity index (χ0n) is 16.7. The number of amides is 1. The second-order valence-corrected chi connectivity index (χ2v) is 11.0. The molecule has 1 atom stereocenters. The van der Waals surface area contributed by atoms with E-state index in [1.807, 2.05) is 26.0 Å². The van der Waals surface area contributed by atoms with Gasteiger partial charge in [-0.1, -0.05) is 46.1 Å². The van der Waals surface area contributed by atoms with E-state index in [0.29, 0.717) is 24.4 Å². The lowest BCUT2D eigenvalue weighted by Crippen LogP contribution is -2.43. The van der Waals surface area contributed by atoms with Gasteiger partial charge < -0.3 is 5.32 Å². The maximum Gasteiger partial charge on any atom is 0.244 e. The Kier molecular flexibility index (Phi) is 7.51. The van der Waals surface area contributed by atoms with Gasteiger partial charge in [-0.25, -0.2) is 8.42 Å². The topological polar surface area (TPSA) is 66.5 Å². The molecule has 1 saturated heterocycles. The van der Waals surface area contributed by atoms with Crippen LogP contribution in [0.15, 0.2) is 39.7 Å². The minimum Gasteiger partial charge on any atom is -0.325 e. The van der Waals surface area contributed by atoms with E-state index in [1.165, 1.54) is 16.4 Å². The van der Waals surface area contributed by atoms with Crippen LogP contribution in [0.1, 0.15) is 30.9 Å². The highest BCUT2D eigenvalue weighted by atomic mass is 79.9. The first-order valence-corrected chi connectivity index (χ1v) is 12.7. The largest absolute Gasteiger partial charge is 0.325 e. The Bertz CT molecular complexity index is 1080. The van der Waals surface area contributed by atoms with Crippen molar-refractivity contribution >= 4 is 60.7 Å². The van der Waals surface area contributed by atoms with Gasteiger partial charge in [0.1, 0.15) is 4.90 Å². The average molecular weight is 534 g/mol. The number of carbonyl (C=O) groups is 1. The van der Waals surface area contributed by atoms with E-state index in [2.05, 4.69) is 21.2 Å². The summed E-state index contributed by atoms with van der Waals surface area (Å²) in [4.78, 5) is 13.0. The maximum absolute atomic E-state index is 13.1. The normalized spacial score (nSPS) is 17.7. The van der Waals surface area contributed by atoms with Crippen LogP contribution in [0.25, 0.3) is 0 Å². The predicted molar refractivity (Wildman–Crippen MR) is 125 cm³/mol. The molecule has 2 aromatic rings. The SMILES string of the molecule is CCc1cc(Br)cc(C)c1NC(=O)C1CCCN(S(=O)(=O)c2cc(Cl)ccc2Cl)C1. The number of piperidine rings is 1. The summed E-state index contributed by atoms with van der Waals surface area (Å²) in [5.74, 6) is -0.619. The number of hydrogen-bond donors (Lipinski definition) is 1. The Labute approximate surface area is 195 Å². The van der Waals surface area contributed by atoms with E-state index in [9.17, 15) is 13.2 Å². The van der Waals surface area contributed by atoms with Crippen LogP contribution in [0.4, 0.5) is 5.69 Å². The first-order valence-electron chi connectivity index (χ1n) is 9.68. The summed E-state index contributed by atoms with van der Waals surface area (Å²) in [6.07, 6.45) is 1.99. The number of rotatable bonds is 5. The first-order chi connectivity index (χ1) is 14.1. The van der Waals surface area contributed by atoms with Crippen LogP contribution in [0.5, 0.6) is 0 Å². The van der Waals surface area contributed by atoms with Crippen molar-refractivity contribution in [2.45, 2.75) is 38.0 Å². The molecule has 1 fully saturated rings. The number of benzene rings is 2. The molecule has 1 heterocycles. The predicted octanol–water partition coefficient (Wildman–Crippen LogP) is 5.67. The second-order valence-electron chi connectivity index (χ2n) is 7.38. The van der Waals surface area contributed by atoms with Crippen LogP contribution in [0.3, 0.4) is 0 Å². The van der Waals surface area contributed by atoms with Gasteiger partial charge in [-0.15, -0.1) is 0 Å². The van der Waals surface area contributed by atoms with Crippen LogP contribution in [-0.2, 0) is 21.2 Å². The lowest BCUT2D eigenvalue weighted by atomic mass is 9.98. The van der Waals surface area contributed by atoms with Crippen LogP contribution >= 0.6 is 39.1 Å². The Morgan fingerprint density at radius 3 is 2.70 bits per heavy atom. The molecule has 9 heteroatoms. The molecule has 0 saturated carbocycles. The summed E-state index contributed by atoms with van der Waals surface area (Å²) in [5.41, 5.74) is 2.78. The van der Waals surface area contributed by atoms with E-state index < -0.39 is 15.9 Å². The molecular formula is C21H23BrCl2N2O3S. The maximum atomic E-state index is 13.1. The summed E-state index contributed by atoms with van der Waals surface area (Å²) < 4.78 is 28.5. The molecular weight excluding hydrogens is 511 g/mol. The van der Waals surface area contributed by atoms with E-state index >= 15 is 0 Å². The Morgan fingerprint density at radius 2 is 2.00 bits per heavy atom. The quantitative estimate of drug-likeness (QED) is 0.538. The average Bonchev–Trinajstić information content (AvgIpc) is 2.71. The number of sulfonamides is 1. The van der Waals surface area contributed by atoms with Gasteiger partial charge in [-0.05, 0) is 67.6 Å². The number of aryl methyl sites for hydroxylation is 2. The Hall–Kier alpha value is -1.12. The van der Waals surface area contributed by atoms with Crippen LogP contribution in [-0.4, -0.2) is 31.7 Å². The van der Waals surface area contributed by atoms with Gasteiger partial charge in [0.2, 0.25) is 15.9 Å². The summed E-state index contributed by atoms with van der Waals surface area (Å²) in [6.45, 7) is 4.42. The number of anilines is 1. The van der Waals surface area contributed by atoms with Gasteiger partial charge in [0.25, 0.3) is 0 Å². The molecule has 1 aliphatic heterocycles. The van der Waals surface area contributed by atoms with Crippen molar-refractivity contribution < 1.29 is 13.2 Å². The van der Waals surface area contributed by atoms with Gasteiger partial charge in [-0.3, -0.25) is 4.79 Å². The lowest BCUT2D eigenvalue weighted by molar-refractivity contribution is -0.120. The molecule has 0 aliphatic carbocycles. The smallest absolute Gasteiger partial charge is 0.244 e. The Morgan fingerprint density at radius 1 is 1.27 bits per heavy atom. The van der Waals surface area contributed by atoms with Gasteiger partial charge in [-0.2, -0.15) is 4.31 Å². The van der Waals surface area contributed by atoms with Crippen LogP contribution in [0.2, 0.25) is 10.0 Å². The fourth-order valence-electron chi connectivity index (χ4n) is 3.68. The minimum atomic E-state index is -3.85. The van der Waals surface area contributed by atoms with E-state index in [1.54, 1.807) is 6.07 Å². The van der Waals surface area contributed by atoms with Gasteiger partial charge in [0, 0.05) is 28.3 Å². The highest BCUT2D eigenvalue weighted by Crippen LogP contribution is 2.32. The molecule has 1 amide bonds. The Balaban J connectivity index is 1.81. The van der Waals surface area contributed by atoms with E-state index in [-0.39, 0.29) is 22.4 Å². The van der Waals surface area contributed by atoms with Crippen molar-refractivity contribution in [3.05, 3.63) is 56.0 Å². The third-order valence-corrected chi connectivity index (χ3v) is 8.32. The monoisotopic (exact) mass is 532 g/mol. The molecule has 0 bridgehead atoms. The highest BCUT2D eigenvalue weighted by Gasteiger charge is 2.34. The lowest BCUT2D eigenvalue weighted by Gasteiger charge is -2.31. The molecule has 162 valence electrons. The molecule has 3 rings (SSSR count). The molecule has 1 N–H and O–H groups in total. The molecule has 1 aliphatic rings.